The van der Waals surface area contributed by atoms with Crippen molar-refractivity contribution in [1.29, 1.82) is 0 Å². The molecule has 146 valence electrons. The molecule has 6 heteroatoms. The lowest BCUT2D eigenvalue weighted by Crippen LogP contribution is -2.56. The fourth-order valence-electron chi connectivity index (χ4n) is 4.98. The van der Waals surface area contributed by atoms with Gasteiger partial charge < -0.3 is 20.1 Å². The Morgan fingerprint density at radius 3 is 2.85 bits per heavy atom. The molecule has 1 unspecified atom stereocenters. The van der Waals surface area contributed by atoms with Crippen LogP contribution in [0.2, 0.25) is 0 Å². The van der Waals surface area contributed by atoms with E-state index in [2.05, 4.69) is 46.8 Å². The van der Waals surface area contributed by atoms with Crippen molar-refractivity contribution in [2.45, 2.75) is 49.6 Å². The van der Waals surface area contributed by atoms with Gasteiger partial charge in [-0.15, -0.1) is 11.8 Å². The van der Waals surface area contributed by atoms with Crippen LogP contribution in [0.1, 0.15) is 37.3 Å². The summed E-state index contributed by atoms with van der Waals surface area (Å²) in [5, 5.41) is 4.71. The molecule has 0 radical (unpaired) electrons. The van der Waals surface area contributed by atoms with Crippen molar-refractivity contribution in [3.05, 3.63) is 29.5 Å². The van der Waals surface area contributed by atoms with E-state index in [0.717, 1.165) is 32.5 Å². The maximum absolute atomic E-state index is 12.6. The number of aromatic amines is 1. The average Bonchev–Trinajstić information content (AvgIpc) is 3.07. The fraction of sp³-hybridized carbons (Fsp3) is 0.571. The van der Waals surface area contributed by atoms with Gasteiger partial charge in [0.05, 0.1) is 0 Å². The molecule has 2 amide bonds. The molecule has 1 fully saturated rings. The van der Waals surface area contributed by atoms with E-state index in [4.69, 9.17) is 0 Å². The van der Waals surface area contributed by atoms with E-state index in [-0.39, 0.29) is 12.1 Å². The molecule has 1 aliphatic heterocycles. The zero-order valence-corrected chi connectivity index (χ0v) is 17.5. The van der Waals surface area contributed by atoms with Gasteiger partial charge in [0.2, 0.25) is 0 Å². The number of nitrogens with zero attached hydrogens (tertiary/aromatic N) is 2. The van der Waals surface area contributed by atoms with Crippen molar-refractivity contribution in [3.63, 3.8) is 0 Å². The predicted molar refractivity (Wildman–Crippen MR) is 113 cm³/mol. The molecule has 2 aromatic rings. The monoisotopic (exact) mass is 386 g/mol. The van der Waals surface area contributed by atoms with E-state index in [9.17, 15) is 4.79 Å². The summed E-state index contributed by atoms with van der Waals surface area (Å²) >= 11 is 1.80. The lowest BCUT2D eigenvalue weighted by molar-refractivity contribution is 0.124. The molecule has 0 spiro atoms. The highest BCUT2D eigenvalue weighted by molar-refractivity contribution is 7.98. The largest absolute Gasteiger partial charge is 0.361 e. The van der Waals surface area contributed by atoms with E-state index in [1.807, 2.05) is 18.7 Å². The topological polar surface area (TPSA) is 51.4 Å². The number of urea groups is 1. The highest BCUT2D eigenvalue weighted by Gasteiger charge is 2.40. The zero-order chi connectivity index (χ0) is 19.1. The summed E-state index contributed by atoms with van der Waals surface area (Å²) in [6, 6.07) is 5.41. The lowest BCUT2D eigenvalue weighted by Gasteiger charge is -2.46. The second-order valence-corrected chi connectivity index (χ2v) is 8.70. The summed E-state index contributed by atoms with van der Waals surface area (Å²) < 4.78 is 0. The molecule has 2 N–H and O–H groups in total. The molecule has 0 saturated carbocycles. The minimum Gasteiger partial charge on any atom is -0.361 e. The first-order valence-corrected chi connectivity index (χ1v) is 11.2. The molecule has 4 rings (SSSR count). The van der Waals surface area contributed by atoms with Gasteiger partial charge >= 0.3 is 6.03 Å². The standard InChI is InChI=1S/C21H30N4OS/c1-5-25(6-2)21(26)23-14-8-16-17-9-15(27-4)10-18-20(17)13(11-22-18)7-19(16)24(3)12-14/h9-11,14,16,19,22H,5-8,12H2,1-4H3,(H,23,26)/t14-,16?,19+/m0/s1. The maximum atomic E-state index is 12.6. The number of rotatable bonds is 4. The molecule has 2 aliphatic rings. The van der Waals surface area contributed by atoms with Gasteiger partial charge in [0.25, 0.3) is 0 Å². The highest BCUT2D eigenvalue weighted by atomic mass is 32.2. The van der Waals surface area contributed by atoms with Crippen LogP contribution in [0, 0.1) is 0 Å². The van der Waals surface area contributed by atoms with Crippen LogP contribution in [0.15, 0.2) is 23.2 Å². The maximum Gasteiger partial charge on any atom is 0.317 e. The van der Waals surface area contributed by atoms with Gasteiger partial charge in [0.15, 0.2) is 0 Å². The van der Waals surface area contributed by atoms with Gasteiger partial charge in [-0.3, -0.25) is 0 Å². The number of hydrogen-bond donors (Lipinski definition) is 2. The Hall–Kier alpha value is -1.66. The third-order valence-corrected chi connectivity index (χ3v) is 7.09. The molecule has 27 heavy (non-hydrogen) atoms. The third-order valence-electron chi connectivity index (χ3n) is 6.39. The Morgan fingerprint density at radius 1 is 1.37 bits per heavy atom. The molecule has 1 aliphatic carbocycles. The Kier molecular flexibility index (Phi) is 5.12. The van der Waals surface area contributed by atoms with E-state index < -0.39 is 0 Å². The van der Waals surface area contributed by atoms with Crippen molar-refractivity contribution >= 4 is 28.7 Å². The zero-order valence-electron chi connectivity index (χ0n) is 16.7. The Bertz CT molecular complexity index is 844. The quantitative estimate of drug-likeness (QED) is 0.789. The van der Waals surface area contributed by atoms with Crippen LogP contribution in [0.5, 0.6) is 0 Å². The SMILES string of the molecule is CCN(CC)C(=O)N[C@H]1CC2c3cc(SC)cc4[nH]cc(c34)C[C@H]2N(C)C1. The number of likely N-dealkylation sites (N-methyl/N-ethyl adjacent to an activating group) is 1. The number of carbonyl (C=O) groups is 1. The van der Waals surface area contributed by atoms with Crippen molar-refractivity contribution in [3.8, 4) is 0 Å². The summed E-state index contributed by atoms with van der Waals surface area (Å²) in [4.78, 5) is 21.7. The summed E-state index contributed by atoms with van der Waals surface area (Å²) in [6.07, 6.45) is 6.43. The van der Waals surface area contributed by atoms with Crippen LogP contribution < -0.4 is 5.32 Å². The summed E-state index contributed by atoms with van der Waals surface area (Å²) in [6.45, 7) is 6.48. The van der Waals surface area contributed by atoms with Crippen LogP contribution in [-0.2, 0) is 6.42 Å². The van der Waals surface area contributed by atoms with E-state index in [0.29, 0.717) is 12.0 Å². The molecular weight excluding hydrogens is 356 g/mol. The Labute approximate surface area is 165 Å². The van der Waals surface area contributed by atoms with Crippen LogP contribution >= 0.6 is 11.8 Å². The first-order valence-electron chi connectivity index (χ1n) is 9.99. The number of likely N-dealkylation sites (tertiary alicyclic amines) is 1. The number of thioether (sulfide) groups is 1. The molecule has 1 aromatic carbocycles. The number of aromatic nitrogens is 1. The van der Waals surface area contributed by atoms with Crippen molar-refractivity contribution < 1.29 is 4.79 Å². The van der Waals surface area contributed by atoms with Gasteiger partial charge in [0.1, 0.15) is 0 Å². The van der Waals surface area contributed by atoms with Crippen LogP contribution in [0.4, 0.5) is 4.79 Å². The number of H-pyrrole nitrogens is 1. The second kappa shape index (κ2) is 7.40. The molecular formula is C21H30N4OS. The van der Waals surface area contributed by atoms with Crippen molar-refractivity contribution in [1.82, 2.24) is 20.1 Å². The Balaban J connectivity index is 1.64. The summed E-state index contributed by atoms with van der Waals surface area (Å²) in [5.74, 6) is 0.462. The van der Waals surface area contributed by atoms with E-state index >= 15 is 0 Å². The minimum atomic E-state index is 0.0676. The van der Waals surface area contributed by atoms with Gasteiger partial charge in [-0.05, 0) is 63.3 Å². The number of nitrogens with one attached hydrogen (secondary N) is 2. The molecule has 1 aromatic heterocycles. The first kappa shape index (κ1) is 18.7. The third kappa shape index (κ3) is 3.23. The first-order chi connectivity index (χ1) is 13.0. The van der Waals surface area contributed by atoms with Gasteiger partial charge in [0, 0.05) is 59.6 Å². The van der Waals surface area contributed by atoms with Crippen LogP contribution in [0.25, 0.3) is 10.9 Å². The molecule has 0 bridgehead atoms. The number of amides is 2. The van der Waals surface area contributed by atoms with Crippen molar-refractivity contribution in [2.75, 3.05) is 32.9 Å². The lowest BCUT2D eigenvalue weighted by atomic mass is 9.74. The van der Waals surface area contributed by atoms with Crippen molar-refractivity contribution in [2.24, 2.45) is 0 Å². The number of fused-ring (bicyclic) bond motifs is 2. The number of piperidine rings is 1. The highest BCUT2D eigenvalue weighted by Crippen LogP contribution is 2.44. The van der Waals surface area contributed by atoms with Crippen LogP contribution in [-0.4, -0.2) is 65.8 Å². The van der Waals surface area contributed by atoms with Gasteiger partial charge in [-0.25, -0.2) is 4.79 Å². The Morgan fingerprint density at radius 2 is 2.15 bits per heavy atom. The normalized spacial score (nSPS) is 24.7. The second-order valence-electron chi connectivity index (χ2n) is 7.83. The van der Waals surface area contributed by atoms with E-state index in [1.54, 1.807) is 11.8 Å². The molecule has 5 nitrogen and oxygen atoms in total. The van der Waals surface area contributed by atoms with Gasteiger partial charge in [-0.2, -0.15) is 0 Å². The minimum absolute atomic E-state index is 0.0676. The summed E-state index contributed by atoms with van der Waals surface area (Å²) in [5.41, 5.74) is 4.15. The number of carbonyl (C=O) groups excluding carboxylic acids is 1. The smallest absolute Gasteiger partial charge is 0.317 e. The molecule has 3 atom stereocenters. The molecule has 2 heterocycles. The molecule has 1 saturated heterocycles. The van der Waals surface area contributed by atoms with E-state index in [1.165, 1.54) is 26.9 Å². The fourth-order valence-corrected chi connectivity index (χ4v) is 5.47. The number of benzene rings is 1. The summed E-state index contributed by atoms with van der Waals surface area (Å²) in [7, 11) is 2.21. The predicted octanol–water partition coefficient (Wildman–Crippen LogP) is 3.65. The van der Waals surface area contributed by atoms with Crippen LogP contribution in [0.3, 0.4) is 0 Å². The number of hydrogen-bond acceptors (Lipinski definition) is 3. The van der Waals surface area contributed by atoms with Gasteiger partial charge in [-0.1, -0.05) is 0 Å². The average molecular weight is 387 g/mol.